The van der Waals surface area contributed by atoms with Gasteiger partial charge in [-0.05, 0) is 48.7 Å². The van der Waals surface area contributed by atoms with Gasteiger partial charge in [-0.15, -0.1) is 0 Å². The van der Waals surface area contributed by atoms with Crippen LogP contribution in [0.25, 0.3) is 0 Å². The molecule has 1 saturated carbocycles. The zero-order valence-corrected chi connectivity index (χ0v) is 13.9. The van der Waals surface area contributed by atoms with E-state index in [1.807, 2.05) is 18.2 Å². The van der Waals surface area contributed by atoms with Gasteiger partial charge in [0.1, 0.15) is 12.4 Å². The first-order valence-electron chi connectivity index (χ1n) is 7.97. The number of hydrogen-bond donors (Lipinski definition) is 0. The lowest BCUT2D eigenvalue weighted by molar-refractivity contribution is 0.414. The summed E-state index contributed by atoms with van der Waals surface area (Å²) < 4.78 is 5.23. The van der Waals surface area contributed by atoms with Gasteiger partial charge in [-0.3, -0.25) is 4.99 Å². The molecule has 0 unspecified atom stereocenters. The molecule has 3 nitrogen and oxygen atoms in total. The number of aliphatic imine (C=N–C) groups is 1. The Bertz CT molecular complexity index is 750. The molecule has 2 aromatic rings. The van der Waals surface area contributed by atoms with Gasteiger partial charge < -0.3 is 9.64 Å². The van der Waals surface area contributed by atoms with Crippen LogP contribution in [0.2, 0.25) is 5.02 Å². The summed E-state index contributed by atoms with van der Waals surface area (Å²) in [6, 6.07) is 14.4. The first-order valence-corrected chi connectivity index (χ1v) is 8.34. The second kappa shape index (κ2) is 5.89. The standard InChI is InChI=1S/C19H19ClN2O/c1-23-16-7-2-13(3-8-16)11-22-12-21-19(14-4-5-14)17-10-15(20)6-9-18(17)22/h2-3,6-10,14H,4-5,11-12H2,1H3. The van der Waals surface area contributed by atoms with Crippen LogP contribution in [-0.2, 0) is 6.54 Å². The molecule has 0 saturated heterocycles. The Morgan fingerprint density at radius 1 is 1.17 bits per heavy atom. The second-order valence-electron chi connectivity index (χ2n) is 6.17. The van der Waals surface area contributed by atoms with E-state index in [0.717, 1.165) is 17.3 Å². The van der Waals surface area contributed by atoms with Crippen LogP contribution in [0.3, 0.4) is 0 Å². The summed E-state index contributed by atoms with van der Waals surface area (Å²) in [5.74, 6) is 1.52. The van der Waals surface area contributed by atoms with Gasteiger partial charge in [0.25, 0.3) is 0 Å². The second-order valence-corrected chi connectivity index (χ2v) is 6.60. The Hall–Kier alpha value is -2.00. The molecule has 0 N–H and O–H groups in total. The predicted octanol–water partition coefficient (Wildman–Crippen LogP) is 4.53. The minimum absolute atomic E-state index is 0.635. The zero-order valence-electron chi connectivity index (χ0n) is 13.1. The van der Waals surface area contributed by atoms with Gasteiger partial charge in [0.2, 0.25) is 0 Å². The van der Waals surface area contributed by atoms with Gasteiger partial charge in [0, 0.05) is 34.4 Å². The number of fused-ring (bicyclic) bond motifs is 1. The molecule has 0 bridgehead atoms. The van der Waals surface area contributed by atoms with Crippen LogP contribution in [0.15, 0.2) is 47.5 Å². The van der Waals surface area contributed by atoms with Crippen LogP contribution in [0, 0.1) is 5.92 Å². The van der Waals surface area contributed by atoms with Crippen LogP contribution in [0.1, 0.15) is 24.0 Å². The first-order chi connectivity index (χ1) is 11.2. The van der Waals surface area contributed by atoms with Crippen molar-refractivity contribution in [2.45, 2.75) is 19.4 Å². The van der Waals surface area contributed by atoms with E-state index in [9.17, 15) is 0 Å². The highest BCUT2D eigenvalue weighted by Crippen LogP contribution is 2.39. The molecular formula is C19H19ClN2O. The van der Waals surface area contributed by atoms with Crippen molar-refractivity contribution >= 4 is 23.0 Å². The maximum Gasteiger partial charge on any atom is 0.118 e. The number of ether oxygens (including phenoxy) is 1. The minimum Gasteiger partial charge on any atom is -0.497 e. The van der Waals surface area contributed by atoms with Crippen molar-refractivity contribution < 1.29 is 4.74 Å². The lowest BCUT2D eigenvalue weighted by Gasteiger charge is -2.30. The molecule has 4 rings (SSSR count). The molecule has 2 aliphatic rings. The third kappa shape index (κ3) is 2.93. The Morgan fingerprint density at radius 3 is 2.65 bits per heavy atom. The van der Waals surface area contributed by atoms with E-state index >= 15 is 0 Å². The topological polar surface area (TPSA) is 24.8 Å². The largest absolute Gasteiger partial charge is 0.497 e. The predicted molar refractivity (Wildman–Crippen MR) is 94.8 cm³/mol. The smallest absolute Gasteiger partial charge is 0.118 e. The summed E-state index contributed by atoms with van der Waals surface area (Å²) in [6.45, 7) is 1.55. The molecule has 118 valence electrons. The first kappa shape index (κ1) is 14.6. The summed E-state index contributed by atoms with van der Waals surface area (Å²) in [7, 11) is 1.69. The van der Waals surface area contributed by atoms with Crippen LogP contribution >= 0.6 is 11.6 Å². The van der Waals surface area contributed by atoms with Crippen molar-refractivity contribution in [1.82, 2.24) is 0 Å². The highest BCUT2D eigenvalue weighted by atomic mass is 35.5. The summed E-state index contributed by atoms with van der Waals surface area (Å²) in [6.07, 6.45) is 2.51. The molecule has 1 fully saturated rings. The molecular weight excluding hydrogens is 308 g/mol. The molecule has 0 aromatic heterocycles. The monoisotopic (exact) mass is 326 g/mol. The lowest BCUT2D eigenvalue weighted by atomic mass is 10.0. The van der Waals surface area contributed by atoms with Gasteiger partial charge in [0.05, 0.1) is 7.11 Å². The van der Waals surface area contributed by atoms with Gasteiger partial charge in [-0.2, -0.15) is 0 Å². The van der Waals surface area contributed by atoms with E-state index in [1.165, 1.54) is 35.4 Å². The van der Waals surface area contributed by atoms with E-state index in [-0.39, 0.29) is 0 Å². The summed E-state index contributed by atoms with van der Waals surface area (Å²) in [5, 5.41) is 0.781. The van der Waals surface area contributed by atoms with E-state index in [0.29, 0.717) is 12.6 Å². The third-order valence-electron chi connectivity index (χ3n) is 4.48. The molecule has 1 aliphatic carbocycles. The van der Waals surface area contributed by atoms with E-state index in [4.69, 9.17) is 21.3 Å². The molecule has 0 atom stereocenters. The zero-order chi connectivity index (χ0) is 15.8. The third-order valence-corrected chi connectivity index (χ3v) is 4.72. The van der Waals surface area contributed by atoms with E-state index in [1.54, 1.807) is 7.11 Å². The fourth-order valence-electron chi connectivity index (χ4n) is 3.10. The van der Waals surface area contributed by atoms with Crippen LogP contribution in [-0.4, -0.2) is 19.5 Å². The Kier molecular flexibility index (Phi) is 3.74. The molecule has 2 aromatic carbocycles. The van der Waals surface area contributed by atoms with Crippen molar-refractivity contribution in [3.8, 4) is 5.75 Å². The minimum atomic E-state index is 0.635. The SMILES string of the molecule is COc1ccc(CN2CN=C(C3CC3)c3cc(Cl)ccc32)cc1. The average Bonchev–Trinajstić information content (AvgIpc) is 3.40. The molecule has 23 heavy (non-hydrogen) atoms. The quantitative estimate of drug-likeness (QED) is 0.825. The van der Waals surface area contributed by atoms with Crippen LogP contribution in [0.5, 0.6) is 5.75 Å². The lowest BCUT2D eigenvalue weighted by Crippen LogP contribution is -2.30. The van der Waals surface area contributed by atoms with Crippen molar-refractivity contribution in [3.05, 3.63) is 58.6 Å². The van der Waals surface area contributed by atoms with Gasteiger partial charge in [0.15, 0.2) is 0 Å². The summed E-state index contributed by atoms with van der Waals surface area (Å²) in [4.78, 5) is 7.15. The fourth-order valence-corrected chi connectivity index (χ4v) is 3.28. The Balaban J connectivity index is 1.63. The molecule has 0 amide bonds. The van der Waals surface area contributed by atoms with Crippen molar-refractivity contribution in [2.75, 3.05) is 18.7 Å². The van der Waals surface area contributed by atoms with E-state index < -0.39 is 0 Å². The molecule has 1 heterocycles. The van der Waals surface area contributed by atoms with E-state index in [2.05, 4.69) is 29.2 Å². The van der Waals surface area contributed by atoms with Gasteiger partial charge in [-0.25, -0.2) is 0 Å². The number of nitrogens with zero attached hydrogens (tertiary/aromatic N) is 2. The normalized spacial score (nSPS) is 16.8. The highest BCUT2D eigenvalue weighted by Gasteiger charge is 2.32. The number of anilines is 1. The average molecular weight is 327 g/mol. The molecule has 0 spiro atoms. The van der Waals surface area contributed by atoms with Crippen molar-refractivity contribution in [2.24, 2.45) is 10.9 Å². The Labute approximate surface area is 141 Å². The summed E-state index contributed by atoms with van der Waals surface area (Å²) >= 11 is 6.22. The maximum absolute atomic E-state index is 6.22. The number of methoxy groups -OCH3 is 1. The Morgan fingerprint density at radius 2 is 1.96 bits per heavy atom. The fraction of sp³-hybridized carbons (Fsp3) is 0.316. The van der Waals surface area contributed by atoms with Crippen molar-refractivity contribution in [1.29, 1.82) is 0 Å². The number of benzene rings is 2. The molecule has 4 heteroatoms. The summed E-state index contributed by atoms with van der Waals surface area (Å²) in [5.41, 5.74) is 4.94. The highest BCUT2D eigenvalue weighted by molar-refractivity contribution is 6.31. The van der Waals surface area contributed by atoms with Crippen LogP contribution < -0.4 is 9.64 Å². The number of rotatable bonds is 4. The van der Waals surface area contributed by atoms with Crippen molar-refractivity contribution in [3.63, 3.8) is 0 Å². The van der Waals surface area contributed by atoms with Crippen LogP contribution in [0.4, 0.5) is 5.69 Å². The molecule has 0 radical (unpaired) electrons. The maximum atomic E-state index is 6.22. The molecule has 1 aliphatic heterocycles. The van der Waals surface area contributed by atoms with Gasteiger partial charge >= 0.3 is 0 Å². The number of halogens is 1. The number of hydrogen-bond acceptors (Lipinski definition) is 3. The van der Waals surface area contributed by atoms with Gasteiger partial charge in [-0.1, -0.05) is 23.7 Å².